The van der Waals surface area contributed by atoms with E-state index in [0.717, 1.165) is 12.0 Å². The largest absolute Gasteiger partial charge is 0.465 e. The molecule has 0 aliphatic rings. The summed E-state index contributed by atoms with van der Waals surface area (Å²) in [7, 11) is 0. The second-order valence-electron chi connectivity index (χ2n) is 5.32. The Morgan fingerprint density at radius 2 is 1.90 bits per heavy atom. The number of rotatable bonds is 5. The second-order valence-corrected chi connectivity index (χ2v) is 5.32. The van der Waals surface area contributed by atoms with Gasteiger partial charge < -0.3 is 9.26 Å². The standard InChI is InChI=1S/C16H20N2O3/c1-5-11-7-9-12(10-8-11)13-17-14(21-18-13)16(3,4)15(19)20-6-2/h7-10H,5-6H2,1-4H3. The molecule has 0 aliphatic heterocycles. The van der Waals surface area contributed by atoms with E-state index in [2.05, 4.69) is 17.1 Å². The van der Waals surface area contributed by atoms with Gasteiger partial charge in [0.25, 0.3) is 0 Å². The lowest BCUT2D eigenvalue weighted by Crippen LogP contribution is -2.31. The number of carbonyl (C=O) groups excluding carboxylic acids is 1. The number of aryl methyl sites for hydroxylation is 1. The number of aromatic nitrogens is 2. The molecule has 0 spiro atoms. The molecule has 21 heavy (non-hydrogen) atoms. The first-order chi connectivity index (χ1) is 9.98. The number of hydrogen-bond acceptors (Lipinski definition) is 5. The van der Waals surface area contributed by atoms with E-state index in [-0.39, 0.29) is 11.9 Å². The van der Waals surface area contributed by atoms with Crippen LogP contribution in [0.4, 0.5) is 0 Å². The summed E-state index contributed by atoms with van der Waals surface area (Å²) >= 11 is 0. The summed E-state index contributed by atoms with van der Waals surface area (Å²) < 4.78 is 10.3. The lowest BCUT2D eigenvalue weighted by Gasteiger charge is -2.16. The van der Waals surface area contributed by atoms with Crippen molar-refractivity contribution in [3.8, 4) is 11.4 Å². The molecule has 0 radical (unpaired) electrons. The number of carbonyl (C=O) groups is 1. The van der Waals surface area contributed by atoms with Gasteiger partial charge in [-0.05, 0) is 32.8 Å². The van der Waals surface area contributed by atoms with Gasteiger partial charge in [0, 0.05) is 5.56 Å². The minimum atomic E-state index is -0.954. The number of benzene rings is 1. The molecule has 1 heterocycles. The van der Waals surface area contributed by atoms with E-state index >= 15 is 0 Å². The second kappa shape index (κ2) is 6.08. The van der Waals surface area contributed by atoms with Crippen LogP contribution in [-0.4, -0.2) is 22.7 Å². The van der Waals surface area contributed by atoms with E-state index in [1.807, 2.05) is 24.3 Å². The third kappa shape index (κ3) is 3.12. The van der Waals surface area contributed by atoms with Crippen molar-refractivity contribution >= 4 is 5.97 Å². The van der Waals surface area contributed by atoms with Gasteiger partial charge in [0.05, 0.1) is 6.61 Å². The van der Waals surface area contributed by atoms with Crippen molar-refractivity contribution in [2.75, 3.05) is 6.61 Å². The van der Waals surface area contributed by atoms with E-state index in [9.17, 15) is 4.79 Å². The minimum Gasteiger partial charge on any atom is -0.465 e. The molecule has 0 aliphatic carbocycles. The molecule has 0 saturated carbocycles. The molecule has 0 atom stereocenters. The smallest absolute Gasteiger partial charge is 0.321 e. The Kier molecular flexibility index (Phi) is 4.40. The minimum absolute atomic E-state index is 0.260. The highest BCUT2D eigenvalue weighted by Crippen LogP contribution is 2.26. The third-order valence-corrected chi connectivity index (χ3v) is 3.37. The van der Waals surface area contributed by atoms with E-state index in [1.165, 1.54) is 5.56 Å². The maximum Gasteiger partial charge on any atom is 0.321 e. The van der Waals surface area contributed by atoms with Crippen LogP contribution in [0.15, 0.2) is 28.8 Å². The van der Waals surface area contributed by atoms with Crippen LogP contribution < -0.4 is 0 Å². The first-order valence-corrected chi connectivity index (χ1v) is 7.09. The van der Waals surface area contributed by atoms with Crippen molar-refractivity contribution in [1.82, 2.24) is 10.1 Å². The summed E-state index contributed by atoms with van der Waals surface area (Å²) in [6.07, 6.45) is 0.980. The number of ether oxygens (including phenoxy) is 1. The molecule has 0 bridgehead atoms. The van der Waals surface area contributed by atoms with Crippen LogP contribution in [-0.2, 0) is 21.4 Å². The van der Waals surface area contributed by atoms with Gasteiger partial charge >= 0.3 is 5.97 Å². The fourth-order valence-electron chi connectivity index (χ4n) is 1.88. The van der Waals surface area contributed by atoms with Crippen LogP contribution in [0.1, 0.15) is 39.1 Å². The molecule has 1 aromatic carbocycles. The van der Waals surface area contributed by atoms with Gasteiger partial charge in [0.15, 0.2) is 0 Å². The van der Waals surface area contributed by atoms with Crippen molar-refractivity contribution in [1.29, 1.82) is 0 Å². The molecule has 5 nitrogen and oxygen atoms in total. The van der Waals surface area contributed by atoms with E-state index in [0.29, 0.717) is 12.4 Å². The van der Waals surface area contributed by atoms with Crippen molar-refractivity contribution in [3.63, 3.8) is 0 Å². The normalized spacial score (nSPS) is 11.4. The first-order valence-electron chi connectivity index (χ1n) is 7.09. The van der Waals surface area contributed by atoms with Crippen LogP contribution >= 0.6 is 0 Å². The highest BCUT2D eigenvalue weighted by molar-refractivity contribution is 5.80. The van der Waals surface area contributed by atoms with Crippen LogP contribution in [0.5, 0.6) is 0 Å². The van der Waals surface area contributed by atoms with Crippen molar-refractivity contribution < 1.29 is 14.1 Å². The van der Waals surface area contributed by atoms with Gasteiger partial charge in [0.2, 0.25) is 11.7 Å². The lowest BCUT2D eigenvalue weighted by atomic mass is 9.94. The molecule has 2 rings (SSSR count). The van der Waals surface area contributed by atoms with Gasteiger partial charge in [-0.1, -0.05) is 36.3 Å². The topological polar surface area (TPSA) is 65.2 Å². The SMILES string of the molecule is CCOC(=O)C(C)(C)c1nc(-c2ccc(CC)cc2)no1. The molecule has 2 aromatic rings. The van der Waals surface area contributed by atoms with E-state index in [1.54, 1.807) is 20.8 Å². The van der Waals surface area contributed by atoms with Crippen molar-refractivity contribution in [2.45, 2.75) is 39.5 Å². The predicted molar refractivity (Wildman–Crippen MR) is 78.8 cm³/mol. The lowest BCUT2D eigenvalue weighted by molar-refractivity contribution is -0.149. The average Bonchev–Trinajstić information content (AvgIpc) is 2.98. The Labute approximate surface area is 124 Å². The summed E-state index contributed by atoms with van der Waals surface area (Å²) in [5.74, 6) is 0.363. The van der Waals surface area contributed by atoms with Crippen molar-refractivity contribution in [3.05, 3.63) is 35.7 Å². The van der Waals surface area contributed by atoms with Gasteiger partial charge in [0.1, 0.15) is 5.41 Å². The van der Waals surface area contributed by atoms with Crippen LogP contribution in [0, 0.1) is 0 Å². The van der Waals surface area contributed by atoms with Crippen LogP contribution in [0.25, 0.3) is 11.4 Å². The average molecular weight is 288 g/mol. The number of nitrogens with zero attached hydrogens (tertiary/aromatic N) is 2. The fourth-order valence-corrected chi connectivity index (χ4v) is 1.88. The molecule has 0 N–H and O–H groups in total. The van der Waals surface area contributed by atoms with Crippen LogP contribution in [0.3, 0.4) is 0 Å². The molecule has 112 valence electrons. The summed E-state index contributed by atoms with van der Waals surface area (Å²) in [4.78, 5) is 16.3. The molecule has 0 amide bonds. The Bertz CT molecular complexity index is 615. The Morgan fingerprint density at radius 1 is 1.24 bits per heavy atom. The monoisotopic (exact) mass is 288 g/mol. The summed E-state index contributed by atoms with van der Waals surface area (Å²) in [5, 5.41) is 3.96. The highest BCUT2D eigenvalue weighted by atomic mass is 16.5. The molecule has 0 fully saturated rings. The van der Waals surface area contributed by atoms with Gasteiger partial charge in [-0.25, -0.2) is 0 Å². The molecular weight excluding hydrogens is 268 g/mol. The van der Waals surface area contributed by atoms with Gasteiger partial charge in [-0.2, -0.15) is 4.98 Å². The Hall–Kier alpha value is -2.17. The zero-order chi connectivity index (χ0) is 15.5. The summed E-state index contributed by atoms with van der Waals surface area (Å²) in [5.41, 5.74) is 1.15. The van der Waals surface area contributed by atoms with E-state index in [4.69, 9.17) is 9.26 Å². The van der Waals surface area contributed by atoms with Crippen molar-refractivity contribution in [2.24, 2.45) is 0 Å². The molecule has 1 aromatic heterocycles. The maximum atomic E-state index is 11.9. The summed E-state index contributed by atoms with van der Waals surface area (Å²) in [6, 6.07) is 7.96. The van der Waals surface area contributed by atoms with Crippen LogP contribution in [0.2, 0.25) is 0 Å². The first kappa shape index (κ1) is 15.2. The summed E-state index contributed by atoms with van der Waals surface area (Å²) in [6.45, 7) is 7.61. The van der Waals surface area contributed by atoms with Gasteiger partial charge in [-0.3, -0.25) is 4.79 Å². The molecule has 0 saturated heterocycles. The maximum absolute atomic E-state index is 11.9. The Morgan fingerprint density at radius 3 is 2.48 bits per heavy atom. The number of hydrogen-bond donors (Lipinski definition) is 0. The Balaban J connectivity index is 2.26. The quantitative estimate of drug-likeness (QED) is 0.791. The zero-order valence-electron chi connectivity index (χ0n) is 12.8. The fraction of sp³-hybridized carbons (Fsp3) is 0.438. The predicted octanol–water partition coefficient (Wildman–Crippen LogP) is 3.14. The molecule has 5 heteroatoms. The molecule has 0 unspecified atom stereocenters. The zero-order valence-corrected chi connectivity index (χ0v) is 12.8. The molecular formula is C16H20N2O3. The third-order valence-electron chi connectivity index (χ3n) is 3.37. The highest BCUT2D eigenvalue weighted by Gasteiger charge is 2.37. The number of esters is 1. The van der Waals surface area contributed by atoms with Gasteiger partial charge in [-0.15, -0.1) is 0 Å². The van der Waals surface area contributed by atoms with E-state index < -0.39 is 5.41 Å².